The zero-order valence-electron chi connectivity index (χ0n) is 12.1. The van der Waals surface area contributed by atoms with Crippen molar-refractivity contribution in [3.8, 4) is 0 Å². The molecule has 0 fully saturated rings. The Kier molecular flexibility index (Phi) is 10.2. The fourth-order valence-corrected chi connectivity index (χ4v) is 1.51. The first kappa shape index (κ1) is 18.3. The van der Waals surface area contributed by atoms with E-state index in [1.54, 1.807) is 6.92 Å². The number of hydroxylamine groups is 1. The van der Waals surface area contributed by atoms with Gasteiger partial charge in [-0.2, -0.15) is 0 Å². The van der Waals surface area contributed by atoms with Crippen LogP contribution in [0.25, 0.3) is 0 Å². The fraction of sp³-hybridized carbons (Fsp3) is 0.750. The summed E-state index contributed by atoms with van der Waals surface area (Å²) in [6.07, 6.45) is 2.09. The third-order valence-corrected chi connectivity index (χ3v) is 2.64. The van der Waals surface area contributed by atoms with E-state index in [1.807, 2.05) is 5.48 Å². The summed E-state index contributed by atoms with van der Waals surface area (Å²) >= 11 is 0. The molecule has 0 aromatic rings. The lowest BCUT2D eigenvalue weighted by Gasteiger charge is -2.16. The third-order valence-electron chi connectivity index (χ3n) is 2.64. The topological polar surface area (TPSA) is 129 Å². The van der Waals surface area contributed by atoms with Gasteiger partial charge in [0.05, 0.1) is 6.04 Å². The number of ketones is 1. The van der Waals surface area contributed by atoms with Crippen LogP contribution in [0.15, 0.2) is 4.99 Å². The highest BCUT2D eigenvalue weighted by atomic mass is 16.5. The van der Waals surface area contributed by atoms with Crippen molar-refractivity contribution in [3.05, 3.63) is 0 Å². The summed E-state index contributed by atoms with van der Waals surface area (Å²) in [6, 6.07) is -0.872. The molecule has 8 nitrogen and oxygen atoms in total. The van der Waals surface area contributed by atoms with E-state index in [0.717, 1.165) is 12.8 Å². The molecular weight excluding hydrogens is 262 g/mol. The molecular formula is C12H25N5O3. The van der Waals surface area contributed by atoms with E-state index in [4.69, 9.17) is 10.9 Å². The van der Waals surface area contributed by atoms with E-state index in [9.17, 15) is 9.59 Å². The molecule has 0 unspecified atom stereocenters. The largest absolute Gasteiger partial charge is 0.337 e. The molecule has 0 saturated carbocycles. The van der Waals surface area contributed by atoms with Gasteiger partial charge in [-0.1, -0.05) is 0 Å². The number of aliphatic imine (C=N–C) groups is 1. The highest BCUT2D eigenvalue weighted by molar-refractivity contribution is 5.86. The smallest absolute Gasteiger partial charge is 0.315 e. The van der Waals surface area contributed by atoms with Crippen LogP contribution in [0.2, 0.25) is 0 Å². The number of nitrogens with zero attached hydrogens (tertiary/aromatic N) is 1. The summed E-state index contributed by atoms with van der Waals surface area (Å²) < 4.78 is 0. The molecule has 1 atom stereocenters. The molecule has 0 aromatic heterocycles. The van der Waals surface area contributed by atoms with Gasteiger partial charge in [-0.25, -0.2) is 4.79 Å². The number of carbonyl (C=O) groups excluding carboxylic acids is 2. The van der Waals surface area contributed by atoms with Gasteiger partial charge in [-0.05, 0) is 33.1 Å². The van der Waals surface area contributed by atoms with Gasteiger partial charge in [0.1, 0.15) is 5.84 Å². The van der Waals surface area contributed by atoms with E-state index in [2.05, 4.69) is 15.6 Å². The number of hydrogen-bond donors (Lipinski definition) is 5. The number of unbranched alkanes of at least 4 members (excludes halogenated alkanes) is 1. The van der Waals surface area contributed by atoms with E-state index in [1.165, 1.54) is 6.92 Å². The van der Waals surface area contributed by atoms with E-state index in [-0.39, 0.29) is 11.8 Å². The molecule has 0 radical (unpaired) electrons. The molecule has 0 aliphatic heterocycles. The van der Waals surface area contributed by atoms with E-state index >= 15 is 0 Å². The third kappa shape index (κ3) is 9.29. The lowest BCUT2D eigenvalue weighted by atomic mass is 10.1. The number of nitrogens with two attached hydrogens (primary N) is 1. The quantitative estimate of drug-likeness (QED) is 0.173. The Morgan fingerprint density at radius 3 is 2.55 bits per heavy atom. The van der Waals surface area contributed by atoms with Gasteiger partial charge in [0, 0.05) is 19.6 Å². The van der Waals surface area contributed by atoms with Crippen LogP contribution in [-0.2, 0) is 4.79 Å². The zero-order chi connectivity index (χ0) is 15.4. The first-order valence-electron chi connectivity index (χ1n) is 6.67. The monoisotopic (exact) mass is 287 g/mol. The number of Topliss-reactive ketones (excluding diaryl/α,β-unsaturated/α-hetero) is 1. The number of rotatable bonds is 9. The Labute approximate surface area is 119 Å². The van der Waals surface area contributed by atoms with Crippen molar-refractivity contribution in [1.82, 2.24) is 16.1 Å². The molecule has 6 N–H and O–H groups in total. The van der Waals surface area contributed by atoms with Crippen molar-refractivity contribution in [3.63, 3.8) is 0 Å². The summed E-state index contributed by atoms with van der Waals surface area (Å²) in [6.45, 7) is 4.39. The zero-order valence-corrected chi connectivity index (χ0v) is 12.1. The van der Waals surface area contributed by atoms with Crippen LogP contribution in [0.3, 0.4) is 0 Å². The predicted octanol–water partition coefficient (Wildman–Crippen LogP) is -0.231. The Morgan fingerprint density at radius 2 is 2.00 bits per heavy atom. The molecule has 0 aliphatic rings. The van der Waals surface area contributed by atoms with Gasteiger partial charge in [-0.15, -0.1) is 0 Å². The minimum Gasteiger partial charge on any atom is -0.337 e. The van der Waals surface area contributed by atoms with Crippen molar-refractivity contribution in [2.45, 2.75) is 39.2 Å². The Morgan fingerprint density at radius 1 is 1.30 bits per heavy atom. The average molecular weight is 287 g/mol. The maximum Gasteiger partial charge on any atom is 0.315 e. The van der Waals surface area contributed by atoms with Crippen molar-refractivity contribution in [2.24, 2.45) is 10.7 Å². The van der Waals surface area contributed by atoms with Crippen molar-refractivity contribution < 1.29 is 14.8 Å². The Balaban J connectivity index is 3.97. The minimum atomic E-state index is -0.492. The predicted molar refractivity (Wildman–Crippen MR) is 76.8 cm³/mol. The first-order valence-corrected chi connectivity index (χ1v) is 6.67. The molecule has 0 rings (SSSR count). The maximum absolute atomic E-state index is 11.4. The average Bonchev–Trinajstić information content (AvgIpc) is 2.42. The number of hydrogen-bond acceptors (Lipinski definition) is 5. The Hall–Kier alpha value is -1.67. The SMILES string of the molecule is CC(=O)[C@H](CCCCN=C(C)NO)NC(=O)NCCN. The van der Waals surface area contributed by atoms with E-state index < -0.39 is 6.04 Å². The van der Waals surface area contributed by atoms with Gasteiger partial charge in [0.25, 0.3) is 0 Å². The van der Waals surface area contributed by atoms with Crippen molar-refractivity contribution >= 4 is 17.6 Å². The van der Waals surface area contributed by atoms with Gasteiger partial charge in [0.15, 0.2) is 5.78 Å². The second kappa shape index (κ2) is 11.2. The summed E-state index contributed by atoms with van der Waals surface area (Å²) in [5.41, 5.74) is 7.22. The highest BCUT2D eigenvalue weighted by Gasteiger charge is 2.15. The number of carbonyl (C=O) groups is 2. The normalized spacial score (nSPS) is 12.7. The molecule has 8 heteroatoms. The maximum atomic E-state index is 11.4. The fourth-order valence-electron chi connectivity index (χ4n) is 1.51. The molecule has 2 amide bonds. The lowest BCUT2D eigenvalue weighted by Crippen LogP contribution is -2.46. The lowest BCUT2D eigenvalue weighted by molar-refractivity contribution is -0.118. The first-order chi connectivity index (χ1) is 9.51. The van der Waals surface area contributed by atoms with Crippen LogP contribution >= 0.6 is 0 Å². The number of urea groups is 1. The summed E-state index contributed by atoms with van der Waals surface area (Å²) in [5, 5.41) is 13.7. The molecule has 116 valence electrons. The molecule has 0 bridgehead atoms. The molecule has 0 aromatic carbocycles. The molecule has 0 heterocycles. The summed E-state index contributed by atoms with van der Waals surface area (Å²) in [5.74, 6) is 0.372. The van der Waals surface area contributed by atoms with Gasteiger partial charge in [-0.3, -0.25) is 20.5 Å². The standard InChI is InChI=1S/C12H25N5O3/c1-9(18)11(16-12(19)15-8-6-13)5-3-4-7-14-10(2)17-20/h11,20H,3-8,13H2,1-2H3,(H,14,17)(H2,15,16,19)/t11-/m0/s1. The van der Waals surface area contributed by atoms with Crippen LogP contribution in [-0.4, -0.2) is 48.5 Å². The number of amides is 2. The second-order valence-corrected chi connectivity index (χ2v) is 4.43. The van der Waals surface area contributed by atoms with Crippen LogP contribution in [0.5, 0.6) is 0 Å². The Bertz CT molecular complexity index is 333. The minimum absolute atomic E-state index is 0.0791. The van der Waals surface area contributed by atoms with Gasteiger partial charge in [0.2, 0.25) is 0 Å². The van der Waals surface area contributed by atoms with Crippen molar-refractivity contribution in [1.29, 1.82) is 0 Å². The van der Waals surface area contributed by atoms with Crippen LogP contribution in [0.4, 0.5) is 4.79 Å². The van der Waals surface area contributed by atoms with Gasteiger partial charge >= 0.3 is 6.03 Å². The summed E-state index contributed by atoms with van der Waals surface area (Å²) in [7, 11) is 0. The van der Waals surface area contributed by atoms with Crippen LogP contribution in [0, 0.1) is 0 Å². The van der Waals surface area contributed by atoms with E-state index in [0.29, 0.717) is 31.9 Å². The molecule has 0 spiro atoms. The van der Waals surface area contributed by atoms with Crippen molar-refractivity contribution in [2.75, 3.05) is 19.6 Å². The highest BCUT2D eigenvalue weighted by Crippen LogP contribution is 2.03. The molecule has 0 aliphatic carbocycles. The summed E-state index contributed by atoms with van der Waals surface area (Å²) in [4.78, 5) is 26.9. The van der Waals surface area contributed by atoms with Crippen LogP contribution < -0.4 is 21.8 Å². The molecule has 0 saturated heterocycles. The second-order valence-electron chi connectivity index (χ2n) is 4.43. The molecule has 20 heavy (non-hydrogen) atoms. The number of amidine groups is 1. The van der Waals surface area contributed by atoms with Gasteiger partial charge < -0.3 is 16.4 Å². The van der Waals surface area contributed by atoms with Crippen LogP contribution in [0.1, 0.15) is 33.1 Å². The number of nitrogens with one attached hydrogen (secondary N) is 3.